The Morgan fingerprint density at radius 3 is 2.87 bits per heavy atom. The van der Waals surface area contributed by atoms with Gasteiger partial charge in [-0.3, -0.25) is 4.79 Å². The molecule has 0 saturated carbocycles. The van der Waals surface area contributed by atoms with Crippen molar-refractivity contribution in [3.63, 3.8) is 0 Å². The van der Waals surface area contributed by atoms with Gasteiger partial charge in [0.2, 0.25) is 0 Å². The van der Waals surface area contributed by atoms with E-state index in [0.717, 1.165) is 32.8 Å². The van der Waals surface area contributed by atoms with Gasteiger partial charge in [-0.2, -0.15) is 0 Å². The predicted molar refractivity (Wildman–Crippen MR) is 97.6 cm³/mol. The lowest BCUT2D eigenvalue weighted by Gasteiger charge is -2.15. The number of nitrogens with zero attached hydrogens (tertiary/aromatic N) is 1. The van der Waals surface area contributed by atoms with Gasteiger partial charge in [-0.25, -0.2) is 4.98 Å². The standard InChI is InChI=1S/C18H21N3OS/c1-5-13-7-6-8-14(9-13)19-11(3)16-20-17(22)15-10(2)12(4)23-18(15)21-16/h6-9,11,19H,5H2,1-4H3,(H,20,21,22)/t11-/m0/s1. The van der Waals surface area contributed by atoms with Gasteiger partial charge in [0.1, 0.15) is 10.7 Å². The molecule has 1 aromatic carbocycles. The molecule has 2 N–H and O–H groups in total. The Morgan fingerprint density at radius 2 is 2.13 bits per heavy atom. The van der Waals surface area contributed by atoms with Gasteiger partial charge in [-0.15, -0.1) is 11.3 Å². The Morgan fingerprint density at radius 1 is 1.35 bits per heavy atom. The fraction of sp³-hybridized carbons (Fsp3) is 0.333. The molecule has 0 fully saturated rings. The van der Waals surface area contributed by atoms with Crippen LogP contribution in [-0.2, 0) is 6.42 Å². The van der Waals surface area contributed by atoms with Crippen LogP contribution in [0.5, 0.6) is 0 Å². The molecule has 0 aliphatic heterocycles. The van der Waals surface area contributed by atoms with Gasteiger partial charge in [-0.05, 0) is 50.5 Å². The molecular formula is C18H21N3OS. The predicted octanol–water partition coefficient (Wildman–Crippen LogP) is 4.34. The maximum Gasteiger partial charge on any atom is 0.259 e. The molecule has 0 radical (unpaired) electrons. The summed E-state index contributed by atoms with van der Waals surface area (Å²) in [4.78, 5) is 21.9. The van der Waals surface area contributed by atoms with E-state index in [-0.39, 0.29) is 11.6 Å². The van der Waals surface area contributed by atoms with Crippen molar-refractivity contribution in [1.82, 2.24) is 9.97 Å². The average molecular weight is 327 g/mol. The van der Waals surface area contributed by atoms with Crippen LogP contribution in [0.3, 0.4) is 0 Å². The Balaban J connectivity index is 1.94. The molecule has 3 rings (SSSR count). The molecule has 0 saturated heterocycles. The summed E-state index contributed by atoms with van der Waals surface area (Å²) in [6.45, 7) is 8.15. The van der Waals surface area contributed by atoms with Crippen molar-refractivity contribution in [1.29, 1.82) is 0 Å². The van der Waals surface area contributed by atoms with E-state index >= 15 is 0 Å². The van der Waals surface area contributed by atoms with Crippen LogP contribution in [0.4, 0.5) is 5.69 Å². The van der Waals surface area contributed by atoms with Crippen molar-refractivity contribution < 1.29 is 0 Å². The number of fused-ring (bicyclic) bond motifs is 1. The van der Waals surface area contributed by atoms with Crippen molar-refractivity contribution in [2.75, 3.05) is 5.32 Å². The molecule has 2 heterocycles. The number of nitrogens with one attached hydrogen (secondary N) is 2. The number of anilines is 1. The third-order valence-electron chi connectivity index (χ3n) is 4.19. The van der Waals surface area contributed by atoms with Gasteiger partial charge >= 0.3 is 0 Å². The largest absolute Gasteiger partial charge is 0.375 e. The molecular weight excluding hydrogens is 306 g/mol. The molecule has 3 aromatic rings. The Bertz CT molecular complexity index is 910. The first-order valence-corrected chi connectivity index (χ1v) is 8.66. The van der Waals surface area contributed by atoms with E-state index in [9.17, 15) is 4.79 Å². The van der Waals surface area contributed by atoms with E-state index in [2.05, 4.69) is 34.3 Å². The Kier molecular flexibility index (Phi) is 4.22. The molecule has 0 aliphatic carbocycles. The number of aromatic nitrogens is 2. The molecule has 4 nitrogen and oxygen atoms in total. The minimum atomic E-state index is -0.0677. The van der Waals surface area contributed by atoms with E-state index in [1.807, 2.05) is 32.9 Å². The molecule has 0 unspecified atom stereocenters. The van der Waals surface area contributed by atoms with Crippen LogP contribution < -0.4 is 10.9 Å². The van der Waals surface area contributed by atoms with Crippen LogP contribution in [0.15, 0.2) is 29.1 Å². The number of benzene rings is 1. The van der Waals surface area contributed by atoms with Gasteiger partial charge in [0.15, 0.2) is 0 Å². The summed E-state index contributed by atoms with van der Waals surface area (Å²) in [5, 5.41) is 4.14. The second-order valence-corrected chi connectivity index (χ2v) is 7.04. The maximum atomic E-state index is 12.4. The number of H-pyrrole nitrogens is 1. The van der Waals surface area contributed by atoms with Crippen LogP contribution in [0.2, 0.25) is 0 Å². The number of aryl methyl sites for hydroxylation is 3. The summed E-state index contributed by atoms with van der Waals surface area (Å²) in [5.41, 5.74) is 3.30. The smallest absolute Gasteiger partial charge is 0.259 e. The van der Waals surface area contributed by atoms with Crippen molar-refractivity contribution >= 4 is 27.2 Å². The highest BCUT2D eigenvalue weighted by atomic mass is 32.1. The molecule has 2 aromatic heterocycles. The SMILES string of the molecule is CCc1cccc(N[C@@H](C)c2nc3sc(C)c(C)c3c(=O)[nH]2)c1. The van der Waals surface area contributed by atoms with Crippen molar-refractivity contribution in [2.45, 2.75) is 40.2 Å². The van der Waals surface area contributed by atoms with Crippen LogP contribution in [0.1, 0.15) is 41.7 Å². The highest BCUT2D eigenvalue weighted by Crippen LogP contribution is 2.27. The monoisotopic (exact) mass is 327 g/mol. The number of hydrogen-bond acceptors (Lipinski definition) is 4. The highest BCUT2D eigenvalue weighted by molar-refractivity contribution is 7.18. The van der Waals surface area contributed by atoms with Gasteiger partial charge < -0.3 is 10.3 Å². The Labute approximate surface area is 139 Å². The lowest BCUT2D eigenvalue weighted by atomic mass is 10.1. The minimum Gasteiger partial charge on any atom is -0.375 e. The lowest BCUT2D eigenvalue weighted by molar-refractivity contribution is 0.792. The molecule has 5 heteroatoms. The van der Waals surface area contributed by atoms with Crippen LogP contribution in [0, 0.1) is 13.8 Å². The zero-order valence-corrected chi connectivity index (χ0v) is 14.7. The van der Waals surface area contributed by atoms with E-state index in [1.54, 1.807) is 11.3 Å². The third kappa shape index (κ3) is 3.01. The number of thiophene rings is 1. The summed E-state index contributed by atoms with van der Waals surface area (Å²) in [6.07, 6.45) is 0.999. The van der Waals surface area contributed by atoms with E-state index < -0.39 is 0 Å². The van der Waals surface area contributed by atoms with Gasteiger partial charge in [0.05, 0.1) is 11.4 Å². The van der Waals surface area contributed by atoms with Gasteiger partial charge in [0.25, 0.3) is 5.56 Å². The zero-order valence-electron chi connectivity index (χ0n) is 13.9. The summed E-state index contributed by atoms with van der Waals surface area (Å²) < 4.78 is 0. The second-order valence-electron chi connectivity index (χ2n) is 5.83. The van der Waals surface area contributed by atoms with Gasteiger partial charge in [0, 0.05) is 10.6 Å². The molecule has 0 amide bonds. The van der Waals surface area contributed by atoms with Crippen molar-refractivity contribution in [3.8, 4) is 0 Å². The fourth-order valence-corrected chi connectivity index (χ4v) is 3.71. The molecule has 23 heavy (non-hydrogen) atoms. The van der Waals surface area contributed by atoms with Gasteiger partial charge in [-0.1, -0.05) is 19.1 Å². The molecule has 120 valence electrons. The molecule has 1 atom stereocenters. The average Bonchev–Trinajstić information content (AvgIpc) is 2.82. The molecule has 0 bridgehead atoms. The van der Waals surface area contributed by atoms with Crippen LogP contribution in [0.25, 0.3) is 10.2 Å². The van der Waals surface area contributed by atoms with E-state index in [4.69, 9.17) is 0 Å². The minimum absolute atomic E-state index is 0.0530. The second kappa shape index (κ2) is 6.16. The lowest BCUT2D eigenvalue weighted by Crippen LogP contribution is -2.17. The highest BCUT2D eigenvalue weighted by Gasteiger charge is 2.15. The number of rotatable bonds is 4. The quantitative estimate of drug-likeness (QED) is 0.749. The normalized spacial score (nSPS) is 12.5. The maximum absolute atomic E-state index is 12.4. The number of hydrogen-bond donors (Lipinski definition) is 2. The summed E-state index contributed by atoms with van der Waals surface area (Å²) >= 11 is 1.58. The number of aromatic amines is 1. The van der Waals surface area contributed by atoms with E-state index in [1.165, 1.54) is 5.56 Å². The van der Waals surface area contributed by atoms with Crippen molar-refractivity contribution in [3.05, 3.63) is 56.4 Å². The molecule has 0 aliphatic rings. The first-order chi connectivity index (χ1) is 11.0. The third-order valence-corrected chi connectivity index (χ3v) is 5.29. The first kappa shape index (κ1) is 15.7. The molecule has 0 spiro atoms. The topological polar surface area (TPSA) is 57.8 Å². The van der Waals surface area contributed by atoms with Crippen LogP contribution in [-0.4, -0.2) is 9.97 Å². The van der Waals surface area contributed by atoms with Crippen molar-refractivity contribution in [2.24, 2.45) is 0 Å². The van der Waals surface area contributed by atoms with E-state index in [0.29, 0.717) is 5.82 Å². The first-order valence-electron chi connectivity index (χ1n) is 7.85. The fourth-order valence-electron chi connectivity index (χ4n) is 2.68. The Hall–Kier alpha value is -2.14. The summed E-state index contributed by atoms with van der Waals surface area (Å²) in [6, 6.07) is 8.25. The summed E-state index contributed by atoms with van der Waals surface area (Å²) in [5.74, 6) is 0.672. The van der Waals surface area contributed by atoms with Crippen LogP contribution >= 0.6 is 11.3 Å². The zero-order chi connectivity index (χ0) is 16.6. The summed E-state index contributed by atoms with van der Waals surface area (Å²) in [7, 11) is 0.